The van der Waals surface area contributed by atoms with Gasteiger partial charge in [-0.25, -0.2) is 17.5 Å². The molecule has 0 aliphatic heterocycles. The number of sulfonamides is 1. The molecule has 6 nitrogen and oxygen atoms in total. The molecule has 96 valence electrons. The lowest BCUT2D eigenvalue weighted by molar-refractivity contribution is 0.0988. The van der Waals surface area contributed by atoms with Crippen LogP contribution in [0.1, 0.15) is 0 Å². The first-order valence-electron chi connectivity index (χ1n) is 4.70. The van der Waals surface area contributed by atoms with Gasteiger partial charge in [0.15, 0.2) is 0 Å². The molecule has 1 rings (SSSR count). The van der Waals surface area contributed by atoms with E-state index in [1.807, 2.05) is 4.72 Å². The fraction of sp³-hybridized carbons (Fsp3) is 0.333. The van der Waals surface area contributed by atoms with Crippen LogP contribution in [0.5, 0.6) is 0 Å². The zero-order valence-corrected chi connectivity index (χ0v) is 9.61. The first-order chi connectivity index (χ1) is 7.86. The second kappa shape index (κ2) is 5.41. The highest BCUT2D eigenvalue weighted by molar-refractivity contribution is 7.89. The van der Waals surface area contributed by atoms with Gasteiger partial charge in [-0.05, 0) is 18.2 Å². The molecule has 5 N–H and O–H groups in total. The molecule has 0 saturated heterocycles. The van der Waals surface area contributed by atoms with Crippen LogP contribution in [0.3, 0.4) is 0 Å². The Morgan fingerprint density at radius 1 is 1.47 bits per heavy atom. The third-order valence-corrected chi connectivity index (χ3v) is 3.46. The lowest BCUT2D eigenvalue weighted by Crippen LogP contribution is -2.34. The summed E-state index contributed by atoms with van der Waals surface area (Å²) in [4.78, 5) is -0.400. The fourth-order valence-electron chi connectivity index (χ4n) is 1.09. The van der Waals surface area contributed by atoms with Crippen LogP contribution in [0.25, 0.3) is 0 Å². The van der Waals surface area contributed by atoms with Crippen LogP contribution in [-0.2, 0) is 10.0 Å². The average Bonchev–Trinajstić information content (AvgIpc) is 2.29. The topological polar surface area (TPSA) is 113 Å². The molecule has 0 saturated carbocycles. The van der Waals surface area contributed by atoms with E-state index < -0.39 is 33.4 Å². The monoisotopic (exact) mass is 264 g/mol. The van der Waals surface area contributed by atoms with Crippen molar-refractivity contribution in [3.05, 3.63) is 24.0 Å². The van der Waals surface area contributed by atoms with E-state index in [0.29, 0.717) is 0 Å². The van der Waals surface area contributed by atoms with Crippen LogP contribution in [0.4, 0.5) is 10.1 Å². The van der Waals surface area contributed by atoms with E-state index in [9.17, 15) is 12.8 Å². The predicted octanol–water partition coefficient (Wildman–Crippen LogP) is -0.961. The van der Waals surface area contributed by atoms with Gasteiger partial charge in [-0.2, -0.15) is 0 Å². The van der Waals surface area contributed by atoms with Crippen molar-refractivity contribution in [1.82, 2.24) is 4.72 Å². The second-order valence-electron chi connectivity index (χ2n) is 3.37. The van der Waals surface area contributed by atoms with Gasteiger partial charge in [0.2, 0.25) is 10.0 Å². The van der Waals surface area contributed by atoms with Crippen LogP contribution in [-0.4, -0.2) is 37.9 Å². The molecule has 0 aliphatic rings. The van der Waals surface area contributed by atoms with E-state index >= 15 is 0 Å². The quantitative estimate of drug-likeness (QED) is 0.512. The number of hydrogen-bond acceptors (Lipinski definition) is 5. The van der Waals surface area contributed by atoms with Crippen molar-refractivity contribution in [2.24, 2.45) is 0 Å². The minimum Gasteiger partial charge on any atom is -0.398 e. The maximum atomic E-state index is 12.9. The molecule has 0 fully saturated rings. The van der Waals surface area contributed by atoms with Crippen molar-refractivity contribution in [2.75, 3.05) is 18.9 Å². The molecular weight excluding hydrogens is 251 g/mol. The van der Waals surface area contributed by atoms with Crippen molar-refractivity contribution in [2.45, 2.75) is 11.0 Å². The number of nitrogens with one attached hydrogen (secondary N) is 1. The number of nitrogen functional groups attached to an aromatic ring is 1. The van der Waals surface area contributed by atoms with Gasteiger partial charge in [-0.3, -0.25) is 0 Å². The molecular formula is C9H13FN2O4S. The number of anilines is 1. The fourth-order valence-corrected chi connectivity index (χ4v) is 2.30. The first-order valence-corrected chi connectivity index (χ1v) is 6.18. The summed E-state index contributed by atoms with van der Waals surface area (Å²) in [5, 5.41) is 17.5. The van der Waals surface area contributed by atoms with Crippen LogP contribution in [0.2, 0.25) is 0 Å². The Balaban J connectivity index is 2.93. The Bertz CT molecular complexity index is 492. The third-order valence-electron chi connectivity index (χ3n) is 1.98. The third kappa shape index (κ3) is 3.63. The smallest absolute Gasteiger partial charge is 0.242 e. The second-order valence-corrected chi connectivity index (χ2v) is 5.11. The number of rotatable bonds is 5. The van der Waals surface area contributed by atoms with Gasteiger partial charge in [0.25, 0.3) is 0 Å². The molecule has 1 atom stereocenters. The highest BCUT2D eigenvalue weighted by Crippen LogP contribution is 2.18. The highest BCUT2D eigenvalue weighted by Gasteiger charge is 2.19. The maximum absolute atomic E-state index is 12.9. The van der Waals surface area contributed by atoms with Crippen LogP contribution < -0.4 is 10.5 Å². The zero-order chi connectivity index (χ0) is 13.1. The average molecular weight is 264 g/mol. The maximum Gasteiger partial charge on any atom is 0.242 e. The van der Waals surface area contributed by atoms with Gasteiger partial charge in [-0.1, -0.05) is 0 Å². The lowest BCUT2D eigenvalue weighted by atomic mass is 10.3. The number of hydrogen-bond donors (Lipinski definition) is 4. The molecule has 0 heterocycles. The van der Waals surface area contributed by atoms with E-state index in [4.69, 9.17) is 15.9 Å². The van der Waals surface area contributed by atoms with Gasteiger partial charge >= 0.3 is 0 Å². The lowest BCUT2D eigenvalue weighted by Gasteiger charge is -2.11. The van der Waals surface area contributed by atoms with Gasteiger partial charge in [-0.15, -0.1) is 0 Å². The van der Waals surface area contributed by atoms with E-state index in [2.05, 4.69) is 0 Å². The summed E-state index contributed by atoms with van der Waals surface area (Å²) < 4.78 is 38.3. The predicted molar refractivity (Wildman–Crippen MR) is 59.1 cm³/mol. The molecule has 0 spiro atoms. The molecule has 0 bridgehead atoms. The Morgan fingerprint density at radius 2 is 2.12 bits per heavy atom. The molecule has 1 unspecified atom stereocenters. The Hall–Kier alpha value is -1.22. The summed E-state index contributed by atoms with van der Waals surface area (Å²) in [6, 6.07) is 2.95. The van der Waals surface area contributed by atoms with Gasteiger partial charge in [0.05, 0.1) is 18.4 Å². The van der Waals surface area contributed by atoms with Crippen molar-refractivity contribution in [3.8, 4) is 0 Å². The summed E-state index contributed by atoms with van der Waals surface area (Å²) in [7, 11) is -4.00. The SMILES string of the molecule is Nc1ccc(F)cc1S(=O)(=O)NCC(O)CO. The van der Waals surface area contributed by atoms with Gasteiger partial charge in [0.1, 0.15) is 10.7 Å². The number of halogens is 1. The summed E-state index contributed by atoms with van der Waals surface area (Å²) in [5.74, 6) is -0.734. The molecule has 0 aliphatic carbocycles. The molecule has 1 aromatic rings. The van der Waals surface area contributed by atoms with E-state index in [1.165, 1.54) is 0 Å². The zero-order valence-electron chi connectivity index (χ0n) is 8.80. The Morgan fingerprint density at radius 3 is 2.71 bits per heavy atom. The van der Waals surface area contributed by atoms with Gasteiger partial charge in [0, 0.05) is 6.54 Å². The normalized spacial score (nSPS) is 13.6. The summed E-state index contributed by atoms with van der Waals surface area (Å²) in [5.41, 5.74) is 5.32. The van der Waals surface area contributed by atoms with Gasteiger partial charge < -0.3 is 15.9 Å². The molecule has 17 heavy (non-hydrogen) atoms. The molecule has 0 amide bonds. The summed E-state index contributed by atoms with van der Waals surface area (Å²) in [6.07, 6.45) is -1.22. The van der Waals surface area contributed by atoms with Crippen molar-refractivity contribution >= 4 is 15.7 Å². The largest absolute Gasteiger partial charge is 0.398 e. The van der Waals surface area contributed by atoms with Crippen molar-refractivity contribution in [1.29, 1.82) is 0 Å². The Labute approximate surface area is 97.9 Å². The minimum atomic E-state index is -4.00. The number of aliphatic hydroxyl groups is 2. The molecule has 1 aromatic carbocycles. The molecule has 0 radical (unpaired) electrons. The molecule has 8 heteroatoms. The number of nitrogens with two attached hydrogens (primary N) is 1. The van der Waals surface area contributed by atoms with E-state index in [1.54, 1.807) is 0 Å². The Kier molecular flexibility index (Phi) is 4.40. The number of aliphatic hydroxyl groups excluding tert-OH is 2. The van der Waals surface area contributed by atoms with E-state index in [-0.39, 0.29) is 12.2 Å². The minimum absolute atomic E-state index is 0.0996. The molecule has 0 aromatic heterocycles. The highest BCUT2D eigenvalue weighted by atomic mass is 32.2. The van der Waals surface area contributed by atoms with Crippen LogP contribution >= 0.6 is 0 Å². The van der Waals surface area contributed by atoms with Crippen LogP contribution in [0.15, 0.2) is 23.1 Å². The number of benzene rings is 1. The van der Waals surface area contributed by atoms with Crippen LogP contribution in [0, 0.1) is 5.82 Å². The van der Waals surface area contributed by atoms with Crippen molar-refractivity contribution in [3.63, 3.8) is 0 Å². The van der Waals surface area contributed by atoms with Crippen molar-refractivity contribution < 1.29 is 23.0 Å². The summed E-state index contributed by atoms with van der Waals surface area (Å²) in [6.45, 7) is -0.962. The standard InChI is InChI=1S/C9H13FN2O4S/c10-6-1-2-8(11)9(3-6)17(15,16)12-4-7(14)5-13/h1-3,7,12-14H,4-5,11H2. The van der Waals surface area contributed by atoms with E-state index in [0.717, 1.165) is 18.2 Å². The first kappa shape index (κ1) is 13.8. The summed E-state index contributed by atoms with van der Waals surface area (Å²) >= 11 is 0.